The second-order valence-electron chi connectivity index (χ2n) is 6.38. The summed E-state index contributed by atoms with van der Waals surface area (Å²) in [6.07, 6.45) is 0. The molecule has 0 aliphatic heterocycles. The zero-order chi connectivity index (χ0) is 19.7. The SMILES string of the molecule is CC(=O)Oc1cccc2ccc(=O)n(Cc3cccc(-c4noc(C)n4)c3)c12. The predicted molar refractivity (Wildman–Crippen MR) is 103 cm³/mol. The molecule has 0 bridgehead atoms. The van der Waals surface area contributed by atoms with Gasteiger partial charge in [-0.1, -0.05) is 35.5 Å². The molecule has 7 nitrogen and oxygen atoms in total. The number of carbonyl (C=O) groups excluding carboxylic acids is 1. The normalized spacial score (nSPS) is 10.9. The van der Waals surface area contributed by atoms with Gasteiger partial charge in [0.15, 0.2) is 5.75 Å². The van der Waals surface area contributed by atoms with Crippen LogP contribution >= 0.6 is 0 Å². The van der Waals surface area contributed by atoms with Gasteiger partial charge in [-0.2, -0.15) is 4.98 Å². The molecule has 4 rings (SSSR count). The molecule has 0 N–H and O–H groups in total. The van der Waals surface area contributed by atoms with E-state index in [9.17, 15) is 9.59 Å². The van der Waals surface area contributed by atoms with E-state index in [1.165, 1.54) is 13.0 Å². The van der Waals surface area contributed by atoms with Gasteiger partial charge in [-0.25, -0.2) is 0 Å². The van der Waals surface area contributed by atoms with E-state index in [0.717, 1.165) is 16.5 Å². The number of fused-ring (bicyclic) bond motifs is 1. The maximum atomic E-state index is 12.6. The molecule has 0 spiro atoms. The van der Waals surface area contributed by atoms with Crippen LogP contribution in [0.3, 0.4) is 0 Å². The Balaban J connectivity index is 1.81. The van der Waals surface area contributed by atoms with Gasteiger partial charge < -0.3 is 13.8 Å². The fourth-order valence-corrected chi connectivity index (χ4v) is 3.13. The van der Waals surface area contributed by atoms with Crippen LogP contribution in [0.1, 0.15) is 18.4 Å². The van der Waals surface area contributed by atoms with Gasteiger partial charge in [0.1, 0.15) is 0 Å². The number of pyridine rings is 1. The van der Waals surface area contributed by atoms with Crippen molar-refractivity contribution >= 4 is 16.9 Å². The average molecular weight is 375 g/mol. The van der Waals surface area contributed by atoms with E-state index in [1.807, 2.05) is 30.3 Å². The van der Waals surface area contributed by atoms with Crippen molar-refractivity contribution in [3.05, 3.63) is 76.4 Å². The van der Waals surface area contributed by atoms with Crippen LogP contribution in [-0.2, 0) is 11.3 Å². The molecule has 0 radical (unpaired) electrons. The fraction of sp³-hybridized carbons (Fsp3) is 0.143. The summed E-state index contributed by atoms with van der Waals surface area (Å²) in [5, 5.41) is 4.74. The predicted octanol–water partition coefficient (Wildman–Crippen LogP) is 3.33. The maximum Gasteiger partial charge on any atom is 0.308 e. The maximum absolute atomic E-state index is 12.6. The molecule has 2 aromatic carbocycles. The number of hydrogen-bond acceptors (Lipinski definition) is 6. The third-order valence-corrected chi connectivity index (χ3v) is 4.28. The van der Waals surface area contributed by atoms with E-state index in [4.69, 9.17) is 9.26 Å². The van der Waals surface area contributed by atoms with Gasteiger partial charge in [0.2, 0.25) is 11.7 Å². The van der Waals surface area contributed by atoms with Crippen LogP contribution in [0.5, 0.6) is 5.75 Å². The first-order valence-electron chi connectivity index (χ1n) is 8.72. The molecule has 140 valence electrons. The Morgan fingerprint density at radius 1 is 1.14 bits per heavy atom. The van der Waals surface area contributed by atoms with Crippen LogP contribution in [0, 0.1) is 6.92 Å². The van der Waals surface area contributed by atoms with Gasteiger partial charge in [0, 0.05) is 30.9 Å². The van der Waals surface area contributed by atoms with Crippen molar-refractivity contribution in [3.8, 4) is 17.1 Å². The van der Waals surface area contributed by atoms with Gasteiger partial charge in [0.25, 0.3) is 5.56 Å². The zero-order valence-electron chi connectivity index (χ0n) is 15.4. The minimum Gasteiger partial charge on any atom is -0.424 e. The molecule has 0 aliphatic rings. The number of aromatic nitrogens is 3. The minimum absolute atomic E-state index is 0.187. The van der Waals surface area contributed by atoms with Crippen molar-refractivity contribution in [1.82, 2.24) is 14.7 Å². The third kappa shape index (κ3) is 3.42. The van der Waals surface area contributed by atoms with Crippen LogP contribution in [0.25, 0.3) is 22.3 Å². The van der Waals surface area contributed by atoms with Gasteiger partial charge in [-0.05, 0) is 23.8 Å². The number of para-hydroxylation sites is 1. The van der Waals surface area contributed by atoms with Crippen LogP contribution in [0.2, 0.25) is 0 Å². The molecule has 0 unspecified atom stereocenters. The van der Waals surface area contributed by atoms with Crippen LogP contribution in [0.15, 0.2) is 63.9 Å². The second kappa shape index (κ2) is 7.11. The summed E-state index contributed by atoms with van der Waals surface area (Å²) in [5.74, 6) is 0.888. The smallest absolute Gasteiger partial charge is 0.308 e. The van der Waals surface area contributed by atoms with E-state index in [2.05, 4.69) is 10.1 Å². The Morgan fingerprint density at radius 3 is 2.71 bits per heavy atom. The molecular weight excluding hydrogens is 358 g/mol. The highest BCUT2D eigenvalue weighted by atomic mass is 16.5. The molecule has 0 fully saturated rings. The number of carbonyl (C=O) groups is 1. The standard InChI is InChI=1S/C21H17N3O4/c1-13-22-21(23-28-13)17-7-3-5-15(11-17)12-24-19(26)10-9-16-6-4-8-18(20(16)24)27-14(2)25/h3-11H,12H2,1-2H3. The number of ether oxygens (including phenoxy) is 1. The topological polar surface area (TPSA) is 87.2 Å². The molecule has 28 heavy (non-hydrogen) atoms. The molecule has 0 saturated heterocycles. The Bertz CT molecular complexity index is 1240. The summed E-state index contributed by atoms with van der Waals surface area (Å²) in [4.78, 5) is 28.3. The molecule has 2 aromatic heterocycles. The molecule has 7 heteroatoms. The fourth-order valence-electron chi connectivity index (χ4n) is 3.13. The number of benzene rings is 2. The van der Waals surface area contributed by atoms with E-state index < -0.39 is 5.97 Å². The zero-order valence-corrected chi connectivity index (χ0v) is 15.4. The lowest BCUT2D eigenvalue weighted by atomic mass is 10.1. The molecule has 4 aromatic rings. The third-order valence-electron chi connectivity index (χ3n) is 4.28. The number of rotatable bonds is 4. The number of aryl methyl sites for hydroxylation is 1. The summed E-state index contributed by atoms with van der Waals surface area (Å²) in [5.41, 5.74) is 2.06. The summed E-state index contributed by atoms with van der Waals surface area (Å²) in [6.45, 7) is 3.37. The Morgan fingerprint density at radius 2 is 1.96 bits per heavy atom. The first-order chi connectivity index (χ1) is 13.5. The van der Waals surface area contributed by atoms with Gasteiger partial charge in [-0.15, -0.1) is 0 Å². The van der Waals surface area contributed by atoms with E-state index >= 15 is 0 Å². The van der Waals surface area contributed by atoms with Crippen molar-refractivity contribution in [2.45, 2.75) is 20.4 Å². The first-order valence-corrected chi connectivity index (χ1v) is 8.72. The highest BCUT2D eigenvalue weighted by Gasteiger charge is 2.12. The van der Waals surface area contributed by atoms with E-state index in [1.54, 1.807) is 29.7 Å². The van der Waals surface area contributed by atoms with Crippen molar-refractivity contribution < 1.29 is 14.1 Å². The first kappa shape index (κ1) is 17.7. The summed E-state index contributed by atoms with van der Waals surface area (Å²) in [7, 11) is 0. The van der Waals surface area contributed by atoms with E-state index in [0.29, 0.717) is 29.5 Å². The lowest BCUT2D eigenvalue weighted by Crippen LogP contribution is -2.21. The number of nitrogens with zero attached hydrogens (tertiary/aromatic N) is 3. The molecular formula is C21H17N3O4. The highest BCUT2D eigenvalue weighted by molar-refractivity contribution is 5.87. The van der Waals surface area contributed by atoms with Gasteiger partial charge in [0.05, 0.1) is 12.1 Å². The quantitative estimate of drug-likeness (QED) is 0.402. The van der Waals surface area contributed by atoms with Gasteiger partial charge >= 0.3 is 5.97 Å². The lowest BCUT2D eigenvalue weighted by molar-refractivity contribution is -0.131. The molecule has 0 amide bonds. The monoisotopic (exact) mass is 375 g/mol. The van der Waals surface area contributed by atoms with Crippen LogP contribution in [-0.4, -0.2) is 20.7 Å². The average Bonchev–Trinajstić information content (AvgIpc) is 3.10. The minimum atomic E-state index is -0.440. The summed E-state index contributed by atoms with van der Waals surface area (Å²) >= 11 is 0. The number of esters is 1. The molecule has 0 atom stereocenters. The van der Waals surface area contributed by atoms with Crippen molar-refractivity contribution in [3.63, 3.8) is 0 Å². The van der Waals surface area contributed by atoms with E-state index in [-0.39, 0.29) is 5.56 Å². The Hall–Kier alpha value is -3.74. The summed E-state index contributed by atoms with van der Waals surface area (Å²) < 4.78 is 12.0. The van der Waals surface area contributed by atoms with Gasteiger partial charge in [-0.3, -0.25) is 9.59 Å². The Labute approximate surface area is 160 Å². The van der Waals surface area contributed by atoms with Crippen LogP contribution < -0.4 is 10.3 Å². The largest absolute Gasteiger partial charge is 0.424 e. The van der Waals surface area contributed by atoms with Crippen LogP contribution in [0.4, 0.5) is 0 Å². The molecule has 0 aliphatic carbocycles. The second-order valence-corrected chi connectivity index (χ2v) is 6.38. The lowest BCUT2D eigenvalue weighted by Gasteiger charge is -2.14. The van der Waals surface area contributed by atoms with Crippen molar-refractivity contribution in [1.29, 1.82) is 0 Å². The molecule has 2 heterocycles. The summed E-state index contributed by atoms with van der Waals surface area (Å²) in [6, 6.07) is 16.1. The highest BCUT2D eigenvalue weighted by Crippen LogP contribution is 2.26. The number of hydrogen-bond donors (Lipinski definition) is 0. The van der Waals surface area contributed by atoms with Crippen molar-refractivity contribution in [2.75, 3.05) is 0 Å². The molecule has 0 saturated carbocycles. The van der Waals surface area contributed by atoms with Crippen molar-refractivity contribution in [2.24, 2.45) is 0 Å². The Kier molecular flexibility index (Phi) is 4.49.